The molecule has 1 rings (SSSR count). The molecule has 222 valence electrons. The Kier molecular flexibility index (Phi) is 15.4. The topological polar surface area (TPSA) is 87.0 Å². The van der Waals surface area contributed by atoms with Crippen molar-refractivity contribution in [2.24, 2.45) is 17.8 Å². The third-order valence-electron chi connectivity index (χ3n) is 8.76. The molecule has 6 unspecified atom stereocenters. The fourth-order valence-electron chi connectivity index (χ4n) is 5.33. The van der Waals surface area contributed by atoms with E-state index in [1.54, 1.807) is 6.92 Å². The van der Waals surface area contributed by atoms with Crippen molar-refractivity contribution in [3.8, 4) is 0 Å². The van der Waals surface area contributed by atoms with E-state index in [1.807, 2.05) is 26.8 Å². The summed E-state index contributed by atoms with van der Waals surface area (Å²) in [5.74, 6) is 1.89. The van der Waals surface area contributed by atoms with Gasteiger partial charge < -0.3 is 20.1 Å². The number of carbonyl (C=O) groups excluding carboxylic acids is 1. The number of aliphatic hydroxyl groups excluding tert-OH is 1. The van der Waals surface area contributed by atoms with E-state index in [2.05, 4.69) is 27.7 Å². The summed E-state index contributed by atoms with van der Waals surface area (Å²) in [7, 11) is 0. The van der Waals surface area contributed by atoms with Crippen molar-refractivity contribution in [2.45, 2.75) is 156 Å². The van der Waals surface area contributed by atoms with Crippen LogP contribution in [0.25, 0.3) is 0 Å². The Hall–Kier alpha value is -1.17. The molecule has 6 atom stereocenters. The van der Waals surface area contributed by atoms with Crippen molar-refractivity contribution >= 4 is 5.78 Å². The molecule has 0 aromatic carbocycles. The van der Waals surface area contributed by atoms with Crippen molar-refractivity contribution in [3.05, 3.63) is 23.0 Å². The van der Waals surface area contributed by atoms with E-state index < -0.39 is 17.3 Å². The highest BCUT2D eigenvalue weighted by Gasteiger charge is 2.27. The summed E-state index contributed by atoms with van der Waals surface area (Å²) in [6.45, 7) is 16.7. The molecule has 38 heavy (non-hydrogen) atoms. The van der Waals surface area contributed by atoms with Gasteiger partial charge in [-0.25, -0.2) is 0 Å². The molecule has 0 fully saturated rings. The van der Waals surface area contributed by atoms with Crippen LogP contribution in [0.4, 0.5) is 0 Å². The fraction of sp³-hybridized carbons (Fsp3) is 0.848. The van der Waals surface area contributed by atoms with E-state index in [-0.39, 0.29) is 17.6 Å². The number of rotatable bonds is 20. The van der Waals surface area contributed by atoms with Gasteiger partial charge in [0.1, 0.15) is 11.5 Å². The molecular weight excluding hydrogens is 476 g/mol. The molecule has 0 saturated heterocycles. The molecule has 0 radical (unpaired) electrons. The third kappa shape index (κ3) is 13.3. The zero-order valence-electron chi connectivity index (χ0n) is 25.9. The predicted octanol–water partition coefficient (Wildman–Crippen LogP) is 7.67. The lowest BCUT2D eigenvalue weighted by Gasteiger charge is -2.29. The number of hydrogen-bond donors (Lipinski definition) is 3. The molecule has 0 aromatic rings. The Labute approximate surface area is 234 Å². The van der Waals surface area contributed by atoms with Crippen molar-refractivity contribution in [3.63, 3.8) is 0 Å². The van der Waals surface area contributed by atoms with Gasteiger partial charge in [0.2, 0.25) is 0 Å². The Morgan fingerprint density at radius 1 is 0.974 bits per heavy atom. The van der Waals surface area contributed by atoms with E-state index >= 15 is 0 Å². The van der Waals surface area contributed by atoms with Crippen LogP contribution in [0.5, 0.6) is 0 Å². The number of unbranched alkanes of at least 4 members (excludes halogenated alkanes) is 1. The van der Waals surface area contributed by atoms with Crippen LogP contribution >= 0.6 is 0 Å². The van der Waals surface area contributed by atoms with Crippen LogP contribution in [0.15, 0.2) is 23.0 Å². The van der Waals surface area contributed by atoms with Gasteiger partial charge in [-0.1, -0.05) is 47.0 Å². The first-order chi connectivity index (χ1) is 17.7. The molecule has 0 heterocycles. The van der Waals surface area contributed by atoms with Crippen LogP contribution in [0.3, 0.4) is 0 Å². The van der Waals surface area contributed by atoms with Gasteiger partial charge in [0.05, 0.1) is 23.9 Å². The van der Waals surface area contributed by atoms with Crippen LogP contribution in [-0.2, 0) is 9.53 Å². The lowest BCUT2D eigenvalue weighted by atomic mass is 9.83. The zero-order chi connectivity index (χ0) is 28.9. The van der Waals surface area contributed by atoms with E-state index in [4.69, 9.17) is 4.74 Å². The maximum atomic E-state index is 11.4. The summed E-state index contributed by atoms with van der Waals surface area (Å²) < 4.78 is 6.16. The van der Waals surface area contributed by atoms with Gasteiger partial charge in [-0.15, -0.1) is 0 Å². The fourth-order valence-corrected chi connectivity index (χ4v) is 5.33. The van der Waals surface area contributed by atoms with Gasteiger partial charge in [-0.05, 0) is 115 Å². The van der Waals surface area contributed by atoms with E-state index in [0.29, 0.717) is 25.2 Å². The second kappa shape index (κ2) is 16.8. The van der Waals surface area contributed by atoms with Crippen LogP contribution in [-0.4, -0.2) is 45.0 Å². The van der Waals surface area contributed by atoms with Crippen LogP contribution in [0, 0.1) is 17.8 Å². The first kappa shape index (κ1) is 34.9. The van der Waals surface area contributed by atoms with E-state index in [0.717, 1.165) is 87.7 Å². The Morgan fingerprint density at radius 3 is 2.08 bits per heavy atom. The monoisotopic (exact) mass is 536 g/mol. The largest absolute Gasteiger partial charge is 0.493 e. The maximum Gasteiger partial charge on any atom is 0.132 e. The highest BCUT2D eigenvalue weighted by Crippen LogP contribution is 2.34. The first-order valence-electron chi connectivity index (χ1n) is 15.4. The van der Waals surface area contributed by atoms with Gasteiger partial charge in [0.25, 0.3) is 0 Å². The Morgan fingerprint density at radius 2 is 1.53 bits per heavy atom. The Bertz CT molecular complexity index is 763. The Balaban J connectivity index is 2.40. The van der Waals surface area contributed by atoms with Crippen LogP contribution in [0.2, 0.25) is 0 Å². The second-order valence-electron chi connectivity index (χ2n) is 13.0. The van der Waals surface area contributed by atoms with Crippen molar-refractivity contribution < 1.29 is 24.9 Å². The van der Waals surface area contributed by atoms with Gasteiger partial charge in [0.15, 0.2) is 0 Å². The molecule has 5 nitrogen and oxygen atoms in total. The number of carbonyl (C=O) groups is 1. The number of Topliss-reactive ketones (excluding diaryl/α,β-unsaturated/α-hetero) is 1. The number of allylic oxidation sites excluding steroid dienone is 1. The molecular formula is C33H60O5. The van der Waals surface area contributed by atoms with Gasteiger partial charge in [-0.3, -0.25) is 4.79 Å². The summed E-state index contributed by atoms with van der Waals surface area (Å²) >= 11 is 0. The van der Waals surface area contributed by atoms with E-state index in [1.165, 1.54) is 0 Å². The average Bonchev–Trinajstić information content (AvgIpc) is 2.82. The summed E-state index contributed by atoms with van der Waals surface area (Å²) in [4.78, 5) is 11.4. The highest BCUT2D eigenvalue weighted by atomic mass is 16.5. The maximum absolute atomic E-state index is 11.4. The number of hydrogen-bond acceptors (Lipinski definition) is 5. The molecule has 0 bridgehead atoms. The van der Waals surface area contributed by atoms with Gasteiger partial charge >= 0.3 is 0 Å². The van der Waals surface area contributed by atoms with Crippen LogP contribution < -0.4 is 0 Å². The zero-order valence-corrected chi connectivity index (χ0v) is 25.9. The molecule has 1 aliphatic carbocycles. The number of ether oxygens (including phenoxy) is 1. The molecule has 0 spiro atoms. The molecule has 0 saturated carbocycles. The molecule has 1 aliphatic rings. The first-order valence-corrected chi connectivity index (χ1v) is 15.4. The van der Waals surface area contributed by atoms with Crippen molar-refractivity contribution in [1.82, 2.24) is 0 Å². The second-order valence-corrected chi connectivity index (χ2v) is 13.0. The van der Waals surface area contributed by atoms with Crippen molar-refractivity contribution in [2.75, 3.05) is 6.61 Å². The predicted molar refractivity (Wildman–Crippen MR) is 158 cm³/mol. The minimum atomic E-state index is -0.744. The van der Waals surface area contributed by atoms with E-state index in [9.17, 15) is 20.1 Å². The van der Waals surface area contributed by atoms with Crippen LogP contribution in [0.1, 0.15) is 139 Å². The minimum absolute atomic E-state index is 0.0605. The molecule has 5 heteroatoms. The number of ketones is 1. The summed E-state index contributed by atoms with van der Waals surface area (Å²) in [5.41, 5.74) is 0.836. The average molecular weight is 537 g/mol. The summed E-state index contributed by atoms with van der Waals surface area (Å²) in [6, 6.07) is 0. The SMILES string of the molecule is CCCCOC1=C(C)C(C)C(O)C=C1CCC(C)CCCC(C)(O)CCCC(C)(O)CCCC(C)C(C)=O. The lowest BCUT2D eigenvalue weighted by molar-refractivity contribution is -0.120. The summed E-state index contributed by atoms with van der Waals surface area (Å²) in [5, 5.41) is 32.1. The third-order valence-corrected chi connectivity index (χ3v) is 8.76. The molecule has 3 N–H and O–H groups in total. The number of aliphatic hydroxyl groups is 3. The molecule has 0 aliphatic heterocycles. The van der Waals surface area contributed by atoms with Crippen molar-refractivity contribution in [1.29, 1.82) is 0 Å². The smallest absolute Gasteiger partial charge is 0.132 e. The van der Waals surface area contributed by atoms with Gasteiger partial charge in [0, 0.05) is 11.8 Å². The highest BCUT2D eigenvalue weighted by molar-refractivity contribution is 5.77. The molecule has 0 amide bonds. The standard InChI is InChI=1S/C33H60O5/c1-9-10-22-38-31-27(5)26(4)30(35)23-29(31)17-16-24(2)14-11-18-32(7,36)20-13-21-33(8,37)19-12-15-25(3)28(6)34/h23-26,30,35-37H,9-22H2,1-8H3. The summed E-state index contributed by atoms with van der Waals surface area (Å²) in [6.07, 6.45) is 12.9. The minimum Gasteiger partial charge on any atom is -0.493 e. The van der Waals surface area contributed by atoms with Gasteiger partial charge in [-0.2, -0.15) is 0 Å². The quantitative estimate of drug-likeness (QED) is 0.139. The normalized spacial score (nSPS) is 22.9. The lowest BCUT2D eigenvalue weighted by Crippen LogP contribution is -2.28. The molecule has 0 aromatic heterocycles.